The summed E-state index contributed by atoms with van der Waals surface area (Å²) in [7, 11) is 2.38. The molecular formula is C9H9BF3N3O2. The van der Waals surface area contributed by atoms with Gasteiger partial charge in [0.25, 0.3) is 11.8 Å². The van der Waals surface area contributed by atoms with Gasteiger partial charge in [-0.1, -0.05) is 0 Å². The van der Waals surface area contributed by atoms with Crippen LogP contribution < -0.4 is 15.2 Å². The van der Waals surface area contributed by atoms with Crippen LogP contribution in [0.4, 0.5) is 18.8 Å². The summed E-state index contributed by atoms with van der Waals surface area (Å²) < 4.78 is 40.1. The van der Waals surface area contributed by atoms with Crippen LogP contribution in [0.5, 0.6) is 0 Å². The van der Waals surface area contributed by atoms with Gasteiger partial charge in [0.1, 0.15) is 0 Å². The van der Waals surface area contributed by atoms with Crippen LogP contribution in [0, 0.1) is 0 Å². The molecule has 0 aliphatic carbocycles. The number of aryl methyl sites for hydroxylation is 1. The predicted octanol–water partition coefficient (Wildman–Crippen LogP) is -0.667. The van der Waals surface area contributed by atoms with E-state index in [9.17, 15) is 22.5 Å². The number of carbonyl (C=O) groups is 2. The molecule has 0 atom stereocenters. The highest BCUT2D eigenvalue weighted by Crippen LogP contribution is 2.18. The van der Waals surface area contributed by atoms with E-state index in [1.54, 1.807) is 0 Å². The monoisotopic (exact) mass is 259 g/mol. The fourth-order valence-corrected chi connectivity index (χ4v) is 1.96. The van der Waals surface area contributed by atoms with Crippen molar-refractivity contribution >= 4 is 30.3 Å². The van der Waals surface area contributed by atoms with Gasteiger partial charge in [0.15, 0.2) is 11.9 Å². The second kappa shape index (κ2) is 3.72. The van der Waals surface area contributed by atoms with Gasteiger partial charge in [0.05, 0.1) is 14.1 Å². The second-order valence-corrected chi connectivity index (χ2v) is 3.94. The van der Waals surface area contributed by atoms with Crippen molar-refractivity contribution in [1.82, 2.24) is 4.57 Å². The second-order valence-electron chi connectivity index (χ2n) is 3.94. The Bertz CT molecular complexity index is 558. The Morgan fingerprint density at radius 3 is 2.06 bits per heavy atom. The van der Waals surface area contributed by atoms with Gasteiger partial charge in [-0.05, 0) is 0 Å². The maximum atomic E-state index is 12.8. The molecule has 0 spiro atoms. The van der Waals surface area contributed by atoms with Crippen LogP contribution in [-0.2, 0) is 23.7 Å². The molecule has 0 radical (unpaired) electrons. The highest BCUT2D eigenvalue weighted by Gasteiger charge is 2.42. The zero-order chi connectivity index (χ0) is 13.7. The van der Waals surface area contributed by atoms with Gasteiger partial charge in [-0.15, -0.1) is 0 Å². The molecule has 0 N–H and O–H groups in total. The predicted molar refractivity (Wildman–Crippen MR) is 56.9 cm³/mol. The first-order valence-electron chi connectivity index (χ1n) is 5.05. The lowest BCUT2D eigenvalue weighted by Gasteiger charge is -2.13. The van der Waals surface area contributed by atoms with Crippen molar-refractivity contribution in [1.29, 1.82) is 0 Å². The van der Waals surface area contributed by atoms with Crippen molar-refractivity contribution in [3.8, 4) is 0 Å². The fraction of sp³-hybridized carbons (Fsp3) is 0.222. The third-order valence-corrected chi connectivity index (χ3v) is 2.69. The Labute approximate surface area is 100 Å². The molecule has 1 aliphatic rings. The normalized spacial score (nSPS) is 15.9. The largest absolute Gasteiger partial charge is 0.589 e. The van der Waals surface area contributed by atoms with Crippen molar-refractivity contribution in [2.45, 2.75) is 0 Å². The number of amides is 2. The first-order valence-corrected chi connectivity index (χ1v) is 5.05. The standard InChI is InChI=1S/C9H9BF3N3O2/c1-14-5-6(15(2)9(14)10(11,12)13)16-7(17)3-4-8(16)18/h3-5H,1-2H3. The number of carbonyl (C=O) groups excluding carboxylic acids is 2. The Morgan fingerprint density at radius 2 is 1.67 bits per heavy atom. The van der Waals surface area contributed by atoms with E-state index in [4.69, 9.17) is 0 Å². The molecule has 2 rings (SSSR count). The Balaban J connectivity index is 2.55. The Kier molecular flexibility index (Phi) is 2.56. The molecule has 0 aromatic carbocycles. The van der Waals surface area contributed by atoms with Crippen molar-refractivity contribution in [2.75, 3.05) is 4.90 Å². The van der Waals surface area contributed by atoms with Crippen molar-refractivity contribution in [3.05, 3.63) is 18.3 Å². The average molecular weight is 259 g/mol. The molecule has 1 aromatic rings. The number of nitrogens with zero attached hydrogens (tertiary/aromatic N) is 3. The third kappa shape index (κ3) is 1.71. The number of halogens is 3. The number of imidazole rings is 1. The molecule has 0 fully saturated rings. The molecule has 2 heterocycles. The minimum atomic E-state index is -5.23. The maximum Gasteiger partial charge on any atom is 0.589 e. The van der Waals surface area contributed by atoms with Gasteiger partial charge in [-0.3, -0.25) is 14.2 Å². The summed E-state index contributed by atoms with van der Waals surface area (Å²) in [5, 5.41) is 0. The SMILES string of the molecule is Cn1c(N2C(=O)C=CC2=O)c[n+](C)c1[B-](F)(F)F. The first-order chi connectivity index (χ1) is 8.23. The van der Waals surface area contributed by atoms with Crippen molar-refractivity contribution < 1.29 is 27.1 Å². The molecule has 1 aliphatic heterocycles. The summed E-state index contributed by atoms with van der Waals surface area (Å²) >= 11 is 0. The van der Waals surface area contributed by atoms with E-state index in [-0.39, 0.29) is 5.82 Å². The van der Waals surface area contributed by atoms with E-state index in [2.05, 4.69) is 0 Å². The Hall–Kier alpha value is -2.06. The van der Waals surface area contributed by atoms with Crippen LogP contribution in [0.3, 0.4) is 0 Å². The molecule has 0 saturated carbocycles. The molecular weight excluding hydrogens is 250 g/mol. The number of imide groups is 1. The van der Waals surface area contributed by atoms with Crippen LogP contribution in [0.1, 0.15) is 0 Å². The molecule has 9 heteroatoms. The van der Waals surface area contributed by atoms with Crippen molar-refractivity contribution in [2.24, 2.45) is 14.1 Å². The van der Waals surface area contributed by atoms with Gasteiger partial charge in [0.2, 0.25) is 5.82 Å². The van der Waals surface area contributed by atoms with Gasteiger partial charge >= 0.3 is 6.98 Å². The maximum absolute atomic E-state index is 12.8. The summed E-state index contributed by atoms with van der Waals surface area (Å²) in [6.45, 7) is -5.23. The van der Waals surface area contributed by atoms with Crippen molar-refractivity contribution in [3.63, 3.8) is 0 Å². The molecule has 0 bridgehead atoms. The molecule has 2 amide bonds. The van der Waals surface area contributed by atoms with Crippen LogP contribution >= 0.6 is 0 Å². The number of rotatable bonds is 2. The quantitative estimate of drug-likeness (QED) is 0.402. The lowest BCUT2D eigenvalue weighted by molar-refractivity contribution is -0.654. The summed E-state index contributed by atoms with van der Waals surface area (Å²) in [6, 6.07) is 0. The van der Waals surface area contributed by atoms with E-state index in [1.807, 2.05) is 0 Å². The zero-order valence-electron chi connectivity index (χ0n) is 9.60. The lowest BCUT2D eigenvalue weighted by atomic mass is 9.90. The van der Waals surface area contributed by atoms with E-state index in [1.165, 1.54) is 14.1 Å². The summed E-state index contributed by atoms with van der Waals surface area (Å²) in [6.07, 6.45) is 3.15. The molecule has 96 valence electrons. The number of hydrogen-bond acceptors (Lipinski definition) is 2. The van der Waals surface area contributed by atoms with Crippen LogP contribution in [0.15, 0.2) is 18.3 Å². The van der Waals surface area contributed by atoms with Crippen LogP contribution in [-0.4, -0.2) is 23.4 Å². The minimum absolute atomic E-state index is 0.105. The number of hydrogen-bond donors (Lipinski definition) is 0. The van der Waals surface area contributed by atoms with Gasteiger partial charge in [0, 0.05) is 12.2 Å². The smallest absolute Gasteiger partial charge is 0.440 e. The van der Waals surface area contributed by atoms with E-state index in [0.717, 1.165) is 27.5 Å². The van der Waals surface area contributed by atoms with Crippen LogP contribution in [0.25, 0.3) is 0 Å². The summed E-state index contributed by atoms with van der Waals surface area (Å²) in [5.41, 5.74) is -0.891. The molecule has 18 heavy (non-hydrogen) atoms. The van der Waals surface area contributed by atoms with Gasteiger partial charge in [-0.25, -0.2) is 9.47 Å². The topological polar surface area (TPSA) is 46.2 Å². The number of anilines is 1. The first kappa shape index (κ1) is 12.4. The fourth-order valence-electron chi connectivity index (χ4n) is 1.96. The number of aromatic nitrogens is 2. The highest BCUT2D eigenvalue weighted by molar-refractivity contribution is 6.71. The van der Waals surface area contributed by atoms with Gasteiger partial charge in [-0.2, -0.15) is 0 Å². The summed E-state index contributed by atoms with van der Waals surface area (Å²) in [4.78, 5) is 23.6. The Morgan fingerprint density at radius 1 is 1.17 bits per heavy atom. The molecule has 5 nitrogen and oxygen atoms in total. The lowest BCUT2D eigenvalue weighted by Crippen LogP contribution is -2.58. The molecule has 0 unspecified atom stereocenters. The van der Waals surface area contributed by atoms with Crippen LogP contribution in [0.2, 0.25) is 0 Å². The minimum Gasteiger partial charge on any atom is -0.440 e. The van der Waals surface area contributed by atoms with E-state index in [0.29, 0.717) is 4.90 Å². The highest BCUT2D eigenvalue weighted by atomic mass is 19.4. The zero-order valence-corrected chi connectivity index (χ0v) is 9.60. The third-order valence-electron chi connectivity index (χ3n) is 2.69. The molecule has 1 aromatic heterocycles. The summed E-state index contributed by atoms with van der Waals surface area (Å²) in [5.74, 6) is -1.41. The van der Waals surface area contributed by atoms with Gasteiger partial charge < -0.3 is 12.9 Å². The van der Waals surface area contributed by atoms with E-state index >= 15 is 0 Å². The average Bonchev–Trinajstić information content (AvgIpc) is 2.67. The van der Waals surface area contributed by atoms with E-state index < -0.39 is 24.5 Å². The molecule has 0 saturated heterocycles.